The zero-order chi connectivity index (χ0) is 8.81. The lowest BCUT2D eigenvalue weighted by molar-refractivity contribution is 0.362. The normalized spacial score (nSPS) is 10.5. The highest BCUT2D eigenvalue weighted by Gasteiger charge is 1.91. The molecule has 0 aliphatic rings. The van der Waals surface area contributed by atoms with Crippen LogP contribution in [0.1, 0.15) is 0 Å². The summed E-state index contributed by atoms with van der Waals surface area (Å²) in [7, 11) is 0. The second-order valence-electron chi connectivity index (χ2n) is 2.13. The third-order valence-corrected chi connectivity index (χ3v) is 1.62. The van der Waals surface area contributed by atoms with Crippen molar-refractivity contribution in [3.8, 4) is 5.75 Å². The summed E-state index contributed by atoms with van der Waals surface area (Å²) < 4.78 is 17.6. The van der Waals surface area contributed by atoms with Crippen molar-refractivity contribution in [1.82, 2.24) is 0 Å². The number of hydrogen-bond donors (Lipinski definition) is 0. The Morgan fingerprint density at radius 2 is 2.00 bits per heavy atom. The predicted molar refractivity (Wildman–Crippen MR) is 50.0 cm³/mol. The number of halogens is 2. The van der Waals surface area contributed by atoms with Crippen molar-refractivity contribution in [2.75, 3.05) is 6.61 Å². The van der Waals surface area contributed by atoms with Gasteiger partial charge in [-0.3, -0.25) is 0 Å². The van der Waals surface area contributed by atoms with Crippen molar-refractivity contribution in [2.24, 2.45) is 0 Å². The molecule has 64 valence electrons. The van der Waals surface area contributed by atoms with Crippen LogP contribution in [-0.2, 0) is 0 Å². The number of hydrogen-bond acceptors (Lipinski definition) is 1. The number of ether oxygens (including phenoxy) is 1. The third-order valence-electron chi connectivity index (χ3n) is 1.25. The van der Waals surface area contributed by atoms with Gasteiger partial charge in [0.25, 0.3) is 0 Å². The number of benzene rings is 1. The van der Waals surface area contributed by atoms with Gasteiger partial charge in [-0.1, -0.05) is 15.9 Å². The fourth-order valence-corrected chi connectivity index (χ4v) is 0.864. The molecule has 1 nitrogen and oxygen atoms in total. The second-order valence-corrected chi connectivity index (χ2v) is 2.66. The molecule has 0 aliphatic heterocycles. The lowest BCUT2D eigenvalue weighted by atomic mass is 10.3. The molecule has 1 rings (SSSR count). The second kappa shape index (κ2) is 4.93. The molecule has 1 aromatic rings. The van der Waals surface area contributed by atoms with Gasteiger partial charge < -0.3 is 4.74 Å². The minimum absolute atomic E-state index is 0.251. The Kier molecular flexibility index (Phi) is 3.80. The quantitative estimate of drug-likeness (QED) is 0.776. The summed E-state index contributed by atoms with van der Waals surface area (Å²) in [5, 5.41) is 0. The SMILES string of the molecule is Fc1ccc(OC/C=C/Br)cc1. The van der Waals surface area contributed by atoms with Gasteiger partial charge >= 0.3 is 0 Å². The monoisotopic (exact) mass is 230 g/mol. The topological polar surface area (TPSA) is 9.23 Å². The Labute approximate surface area is 79.0 Å². The van der Waals surface area contributed by atoms with Crippen molar-refractivity contribution in [1.29, 1.82) is 0 Å². The van der Waals surface area contributed by atoms with E-state index in [1.807, 2.05) is 6.08 Å². The molecule has 0 saturated carbocycles. The van der Waals surface area contributed by atoms with Crippen LogP contribution in [0, 0.1) is 5.82 Å². The average Bonchev–Trinajstić information content (AvgIpc) is 2.09. The molecular formula is C9H8BrFO. The molecule has 0 saturated heterocycles. The number of rotatable bonds is 3. The van der Waals surface area contributed by atoms with Crippen molar-refractivity contribution in [3.63, 3.8) is 0 Å². The van der Waals surface area contributed by atoms with Gasteiger partial charge in [-0.05, 0) is 35.3 Å². The maximum atomic E-state index is 12.4. The van der Waals surface area contributed by atoms with Crippen LogP contribution in [0.15, 0.2) is 35.3 Å². The Bertz CT molecular complexity index is 256. The van der Waals surface area contributed by atoms with Crippen LogP contribution in [-0.4, -0.2) is 6.61 Å². The van der Waals surface area contributed by atoms with E-state index < -0.39 is 0 Å². The first-order valence-corrected chi connectivity index (χ1v) is 4.38. The minimum atomic E-state index is -0.251. The van der Waals surface area contributed by atoms with Crippen LogP contribution in [0.2, 0.25) is 0 Å². The fraction of sp³-hybridized carbons (Fsp3) is 0.111. The molecule has 0 heterocycles. The van der Waals surface area contributed by atoms with E-state index in [1.54, 1.807) is 17.1 Å². The molecule has 0 radical (unpaired) electrons. The van der Waals surface area contributed by atoms with Crippen LogP contribution in [0.4, 0.5) is 4.39 Å². The molecule has 12 heavy (non-hydrogen) atoms. The standard InChI is InChI=1S/C9H8BrFO/c10-6-1-7-12-9-4-2-8(11)3-5-9/h1-6H,7H2/b6-1+. The molecule has 0 N–H and O–H groups in total. The van der Waals surface area contributed by atoms with Crippen LogP contribution in [0.5, 0.6) is 5.75 Å². The van der Waals surface area contributed by atoms with E-state index >= 15 is 0 Å². The Balaban J connectivity index is 2.47. The minimum Gasteiger partial charge on any atom is -0.490 e. The summed E-state index contributed by atoms with van der Waals surface area (Å²) in [5.41, 5.74) is 0. The predicted octanol–water partition coefficient (Wildman–Crippen LogP) is 3.11. The maximum absolute atomic E-state index is 12.4. The zero-order valence-electron chi connectivity index (χ0n) is 6.34. The first-order chi connectivity index (χ1) is 5.83. The van der Waals surface area contributed by atoms with Gasteiger partial charge in [-0.2, -0.15) is 0 Å². The van der Waals surface area contributed by atoms with E-state index in [-0.39, 0.29) is 5.82 Å². The lowest BCUT2D eigenvalue weighted by Gasteiger charge is -2.01. The Hall–Kier alpha value is -0.830. The van der Waals surface area contributed by atoms with E-state index in [4.69, 9.17) is 4.74 Å². The summed E-state index contributed by atoms with van der Waals surface area (Å²) in [6, 6.07) is 5.93. The third kappa shape index (κ3) is 3.05. The summed E-state index contributed by atoms with van der Waals surface area (Å²) >= 11 is 3.11. The maximum Gasteiger partial charge on any atom is 0.123 e. The van der Waals surface area contributed by atoms with Gasteiger partial charge in [-0.25, -0.2) is 4.39 Å². The van der Waals surface area contributed by atoms with Crippen molar-refractivity contribution >= 4 is 15.9 Å². The van der Waals surface area contributed by atoms with E-state index in [1.165, 1.54) is 12.1 Å². The Morgan fingerprint density at radius 1 is 1.33 bits per heavy atom. The highest BCUT2D eigenvalue weighted by Crippen LogP contribution is 2.10. The Morgan fingerprint density at radius 3 is 2.58 bits per heavy atom. The summed E-state index contributed by atoms with van der Waals surface area (Å²) in [5.74, 6) is 0.417. The molecule has 0 bridgehead atoms. The van der Waals surface area contributed by atoms with Crippen LogP contribution >= 0.6 is 15.9 Å². The van der Waals surface area contributed by atoms with E-state index in [2.05, 4.69) is 15.9 Å². The van der Waals surface area contributed by atoms with Crippen molar-refractivity contribution in [2.45, 2.75) is 0 Å². The van der Waals surface area contributed by atoms with Crippen LogP contribution < -0.4 is 4.74 Å². The molecular weight excluding hydrogens is 223 g/mol. The van der Waals surface area contributed by atoms with Gasteiger partial charge in [0.05, 0.1) is 0 Å². The zero-order valence-corrected chi connectivity index (χ0v) is 7.92. The smallest absolute Gasteiger partial charge is 0.123 e. The first-order valence-electron chi connectivity index (χ1n) is 3.46. The first kappa shape index (κ1) is 9.26. The summed E-state index contributed by atoms with van der Waals surface area (Å²) in [6.45, 7) is 0.483. The fourth-order valence-electron chi connectivity index (χ4n) is 0.712. The van der Waals surface area contributed by atoms with Crippen LogP contribution in [0.3, 0.4) is 0 Å². The molecule has 0 fully saturated rings. The van der Waals surface area contributed by atoms with E-state index in [0.29, 0.717) is 12.4 Å². The van der Waals surface area contributed by atoms with E-state index in [9.17, 15) is 4.39 Å². The van der Waals surface area contributed by atoms with Gasteiger partial charge in [0.15, 0.2) is 0 Å². The molecule has 0 unspecified atom stereocenters. The molecule has 3 heteroatoms. The van der Waals surface area contributed by atoms with Gasteiger partial charge in [0.2, 0.25) is 0 Å². The van der Waals surface area contributed by atoms with Crippen molar-refractivity contribution in [3.05, 3.63) is 41.1 Å². The lowest BCUT2D eigenvalue weighted by Crippen LogP contribution is -1.92. The highest BCUT2D eigenvalue weighted by molar-refractivity contribution is 9.11. The molecule has 0 spiro atoms. The highest BCUT2D eigenvalue weighted by atomic mass is 79.9. The average molecular weight is 231 g/mol. The van der Waals surface area contributed by atoms with Gasteiger partial charge in [0.1, 0.15) is 18.2 Å². The molecule has 0 atom stereocenters. The van der Waals surface area contributed by atoms with Crippen molar-refractivity contribution < 1.29 is 9.13 Å². The molecule has 0 aromatic heterocycles. The van der Waals surface area contributed by atoms with Gasteiger partial charge in [-0.15, -0.1) is 0 Å². The largest absolute Gasteiger partial charge is 0.490 e. The van der Waals surface area contributed by atoms with E-state index in [0.717, 1.165) is 0 Å². The summed E-state index contributed by atoms with van der Waals surface area (Å²) in [6.07, 6.45) is 1.81. The molecule has 0 aliphatic carbocycles. The van der Waals surface area contributed by atoms with Crippen LogP contribution in [0.25, 0.3) is 0 Å². The molecule has 1 aromatic carbocycles. The summed E-state index contributed by atoms with van der Waals surface area (Å²) in [4.78, 5) is 1.72. The van der Waals surface area contributed by atoms with Gasteiger partial charge in [0, 0.05) is 0 Å². The molecule has 0 amide bonds.